The quantitative estimate of drug-likeness (QED) is 0.665. The molecule has 0 aliphatic carbocycles. The van der Waals surface area contributed by atoms with Gasteiger partial charge in [0.05, 0.1) is 16.9 Å². The summed E-state index contributed by atoms with van der Waals surface area (Å²) in [6.07, 6.45) is -2.89. The lowest BCUT2D eigenvalue weighted by Gasteiger charge is -2.13. The molecule has 31 heavy (non-hydrogen) atoms. The highest BCUT2D eigenvalue weighted by Gasteiger charge is 2.34. The van der Waals surface area contributed by atoms with Gasteiger partial charge in [0.25, 0.3) is 11.1 Å². The molecular weight excluding hydrogens is 429 g/mol. The highest BCUT2D eigenvalue weighted by molar-refractivity contribution is 8.18. The van der Waals surface area contributed by atoms with Gasteiger partial charge in [0.1, 0.15) is 0 Å². The molecule has 1 aliphatic rings. The van der Waals surface area contributed by atoms with Crippen molar-refractivity contribution in [2.45, 2.75) is 19.5 Å². The molecule has 1 N–H and O–H groups in total. The van der Waals surface area contributed by atoms with Crippen molar-refractivity contribution in [3.63, 3.8) is 0 Å². The van der Waals surface area contributed by atoms with Crippen molar-refractivity contribution >= 4 is 34.9 Å². The SMILES string of the molecule is Cc1ccc(/C=C2\SC(=O)N(CCNC(=O)Cc3ccc(C(F)(F)F)cc3)C2=O)cc1. The molecule has 0 bridgehead atoms. The molecule has 1 fully saturated rings. The van der Waals surface area contributed by atoms with Crippen molar-refractivity contribution in [2.24, 2.45) is 0 Å². The predicted molar refractivity (Wildman–Crippen MR) is 112 cm³/mol. The Labute approximate surface area is 181 Å². The Bertz CT molecular complexity index is 1020. The maximum atomic E-state index is 12.6. The fraction of sp³-hybridized carbons (Fsp3) is 0.227. The Morgan fingerprint density at radius 1 is 1.06 bits per heavy atom. The highest BCUT2D eigenvalue weighted by Crippen LogP contribution is 2.32. The van der Waals surface area contributed by atoms with E-state index >= 15 is 0 Å². The number of carbonyl (C=O) groups is 3. The molecule has 2 aromatic carbocycles. The summed E-state index contributed by atoms with van der Waals surface area (Å²) in [5.74, 6) is -0.838. The number of nitrogens with one attached hydrogen (secondary N) is 1. The molecule has 0 spiro atoms. The molecule has 0 saturated carbocycles. The number of alkyl halides is 3. The number of aryl methyl sites for hydroxylation is 1. The van der Waals surface area contributed by atoms with Gasteiger partial charge in [-0.1, -0.05) is 42.0 Å². The van der Waals surface area contributed by atoms with Gasteiger partial charge in [0, 0.05) is 13.1 Å². The molecule has 5 nitrogen and oxygen atoms in total. The summed E-state index contributed by atoms with van der Waals surface area (Å²) >= 11 is 0.839. The van der Waals surface area contributed by atoms with Crippen LogP contribution in [0, 0.1) is 6.92 Å². The van der Waals surface area contributed by atoms with Crippen LogP contribution in [0.15, 0.2) is 53.4 Å². The summed E-state index contributed by atoms with van der Waals surface area (Å²) in [5, 5.41) is 2.16. The zero-order valence-electron chi connectivity index (χ0n) is 16.5. The average Bonchev–Trinajstić information content (AvgIpc) is 2.97. The molecule has 1 saturated heterocycles. The van der Waals surface area contributed by atoms with Gasteiger partial charge in [-0.15, -0.1) is 0 Å². The molecule has 0 radical (unpaired) electrons. The van der Waals surface area contributed by atoms with Crippen molar-refractivity contribution < 1.29 is 27.6 Å². The second kappa shape index (κ2) is 9.38. The standard InChI is InChI=1S/C22H19F3N2O3S/c1-14-2-4-15(5-3-14)12-18-20(29)27(21(30)31-18)11-10-26-19(28)13-16-6-8-17(9-7-16)22(23,24)25/h2-9,12H,10-11,13H2,1H3,(H,26,28)/b18-12-. The van der Waals surface area contributed by atoms with Crippen LogP contribution < -0.4 is 5.32 Å². The van der Waals surface area contributed by atoms with E-state index in [0.29, 0.717) is 10.5 Å². The Hall–Kier alpha value is -3.07. The maximum absolute atomic E-state index is 12.6. The lowest BCUT2D eigenvalue weighted by molar-refractivity contribution is -0.137. The van der Waals surface area contributed by atoms with Crippen LogP contribution in [0.3, 0.4) is 0 Å². The number of carbonyl (C=O) groups excluding carboxylic acids is 3. The first-order chi connectivity index (χ1) is 14.6. The zero-order chi connectivity index (χ0) is 22.6. The van der Waals surface area contributed by atoms with E-state index in [9.17, 15) is 27.6 Å². The van der Waals surface area contributed by atoms with Crippen LogP contribution in [0.2, 0.25) is 0 Å². The van der Waals surface area contributed by atoms with Gasteiger partial charge in [-0.05, 0) is 48.0 Å². The molecule has 0 aromatic heterocycles. The zero-order valence-corrected chi connectivity index (χ0v) is 17.3. The molecule has 1 heterocycles. The number of thioether (sulfide) groups is 1. The lowest BCUT2D eigenvalue weighted by atomic mass is 10.1. The summed E-state index contributed by atoms with van der Waals surface area (Å²) in [4.78, 5) is 38.0. The van der Waals surface area contributed by atoms with E-state index in [0.717, 1.165) is 39.9 Å². The van der Waals surface area contributed by atoms with Crippen LogP contribution in [0.1, 0.15) is 22.3 Å². The van der Waals surface area contributed by atoms with E-state index in [-0.39, 0.29) is 19.5 Å². The minimum Gasteiger partial charge on any atom is -0.354 e. The lowest BCUT2D eigenvalue weighted by Crippen LogP contribution is -2.37. The Balaban J connectivity index is 1.50. The molecule has 1 aliphatic heterocycles. The van der Waals surface area contributed by atoms with E-state index < -0.39 is 28.8 Å². The Kier molecular flexibility index (Phi) is 6.84. The van der Waals surface area contributed by atoms with Crippen LogP contribution in [0.5, 0.6) is 0 Å². The second-order valence-electron chi connectivity index (χ2n) is 6.97. The number of hydrogen-bond donors (Lipinski definition) is 1. The first-order valence-electron chi connectivity index (χ1n) is 9.38. The monoisotopic (exact) mass is 448 g/mol. The predicted octanol–water partition coefficient (Wildman–Crippen LogP) is 4.41. The van der Waals surface area contributed by atoms with Gasteiger partial charge in [-0.2, -0.15) is 13.2 Å². The van der Waals surface area contributed by atoms with Crippen molar-refractivity contribution in [3.8, 4) is 0 Å². The minimum atomic E-state index is -4.43. The number of rotatable bonds is 6. The number of benzene rings is 2. The summed E-state index contributed by atoms with van der Waals surface area (Å²) in [6, 6.07) is 11.8. The minimum absolute atomic E-state index is 0.00859. The fourth-order valence-corrected chi connectivity index (χ4v) is 3.74. The van der Waals surface area contributed by atoms with Crippen LogP contribution in [0.25, 0.3) is 6.08 Å². The molecule has 9 heteroatoms. The van der Waals surface area contributed by atoms with Crippen LogP contribution in [0.4, 0.5) is 18.0 Å². The van der Waals surface area contributed by atoms with E-state index in [1.165, 1.54) is 12.1 Å². The van der Waals surface area contributed by atoms with Crippen molar-refractivity contribution in [3.05, 3.63) is 75.7 Å². The first kappa shape index (κ1) is 22.6. The van der Waals surface area contributed by atoms with Crippen molar-refractivity contribution in [1.29, 1.82) is 0 Å². The van der Waals surface area contributed by atoms with Crippen molar-refractivity contribution in [2.75, 3.05) is 13.1 Å². The third kappa shape index (κ3) is 5.97. The van der Waals surface area contributed by atoms with Crippen molar-refractivity contribution in [1.82, 2.24) is 10.2 Å². The van der Waals surface area contributed by atoms with E-state index in [1.54, 1.807) is 6.08 Å². The molecule has 0 unspecified atom stereocenters. The number of nitrogens with zero attached hydrogens (tertiary/aromatic N) is 1. The topological polar surface area (TPSA) is 66.5 Å². The van der Waals surface area contributed by atoms with E-state index in [4.69, 9.17) is 0 Å². The molecular formula is C22H19F3N2O3S. The third-order valence-electron chi connectivity index (χ3n) is 4.55. The summed E-state index contributed by atoms with van der Waals surface area (Å²) < 4.78 is 37.7. The van der Waals surface area contributed by atoms with Crippen LogP contribution in [-0.4, -0.2) is 35.0 Å². The van der Waals surface area contributed by atoms with Crippen LogP contribution in [-0.2, 0) is 22.2 Å². The van der Waals surface area contributed by atoms with Gasteiger partial charge >= 0.3 is 6.18 Å². The van der Waals surface area contributed by atoms with E-state index in [2.05, 4.69) is 5.32 Å². The second-order valence-corrected chi connectivity index (χ2v) is 7.96. The first-order valence-corrected chi connectivity index (χ1v) is 10.2. The third-order valence-corrected chi connectivity index (χ3v) is 5.46. The molecule has 0 atom stereocenters. The Morgan fingerprint density at radius 2 is 1.71 bits per heavy atom. The summed E-state index contributed by atoms with van der Waals surface area (Å²) in [5.41, 5.74) is 1.53. The smallest absolute Gasteiger partial charge is 0.354 e. The van der Waals surface area contributed by atoms with Gasteiger partial charge < -0.3 is 5.32 Å². The molecule has 3 rings (SSSR count). The molecule has 162 valence electrons. The number of halogens is 3. The number of imide groups is 1. The molecule has 2 aromatic rings. The normalized spacial score (nSPS) is 15.6. The molecule has 3 amide bonds. The summed E-state index contributed by atoms with van der Waals surface area (Å²) in [7, 11) is 0. The van der Waals surface area contributed by atoms with Gasteiger partial charge in [0.2, 0.25) is 5.91 Å². The number of amides is 3. The van der Waals surface area contributed by atoms with Gasteiger partial charge in [0.15, 0.2) is 0 Å². The highest BCUT2D eigenvalue weighted by atomic mass is 32.2. The largest absolute Gasteiger partial charge is 0.416 e. The summed E-state index contributed by atoms with van der Waals surface area (Å²) in [6.45, 7) is 2.01. The van der Waals surface area contributed by atoms with Crippen LogP contribution >= 0.6 is 11.8 Å². The Morgan fingerprint density at radius 3 is 2.32 bits per heavy atom. The van der Waals surface area contributed by atoms with E-state index in [1.807, 2.05) is 31.2 Å². The maximum Gasteiger partial charge on any atom is 0.416 e. The average molecular weight is 448 g/mol. The van der Waals surface area contributed by atoms with Gasteiger partial charge in [-0.3, -0.25) is 19.3 Å². The van der Waals surface area contributed by atoms with Gasteiger partial charge in [-0.25, -0.2) is 0 Å². The fourth-order valence-electron chi connectivity index (χ4n) is 2.87. The number of hydrogen-bond acceptors (Lipinski definition) is 4.